The summed E-state index contributed by atoms with van der Waals surface area (Å²) in [6.07, 6.45) is 5.63. The van der Waals surface area contributed by atoms with E-state index in [2.05, 4.69) is 42.2 Å². The average Bonchev–Trinajstić information content (AvgIpc) is 2.95. The third kappa shape index (κ3) is 4.26. The third-order valence-corrected chi connectivity index (χ3v) is 4.41. The number of aromatic nitrogens is 2. The van der Waals surface area contributed by atoms with E-state index in [0.29, 0.717) is 18.7 Å². The van der Waals surface area contributed by atoms with E-state index < -0.39 is 0 Å². The van der Waals surface area contributed by atoms with E-state index in [1.165, 1.54) is 4.90 Å². The Balaban J connectivity index is 2.20. The molecule has 23 heavy (non-hydrogen) atoms. The molecule has 1 aromatic heterocycles. The van der Waals surface area contributed by atoms with Crippen LogP contribution in [0.25, 0.3) is 0 Å². The topological polar surface area (TPSA) is 38.1 Å². The van der Waals surface area contributed by atoms with Crippen LogP contribution in [0.1, 0.15) is 28.5 Å². The first-order chi connectivity index (χ1) is 11.1. The van der Waals surface area contributed by atoms with Crippen molar-refractivity contribution in [3.05, 3.63) is 59.9 Å². The zero-order valence-corrected chi connectivity index (χ0v) is 14.8. The fourth-order valence-corrected chi connectivity index (χ4v) is 2.79. The van der Waals surface area contributed by atoms with Crippen LogP contribution in [0.15, 0.2) is 48.0 Å². The van der Waals surface area contributed by atoms with E-state index in [-0.39, 0.29) is 5.91 Å². The molecule has 2 aromatic rings. The zero-order valence-electron chi connectivity index (χ0n) is 14.0. The van der Waals surface area contributed by atoms with Crippen LogP contribution in [0.5, 0.6) is 0 Å². The van der Waals surface area contributed by atoms with Crippen LogP contribution >= 0.6 is 11.8 Å². The number of amides is 1. The molecule has 0 fully saturated rings. The maximum absolute atomic E-state index is 12.8. The molecule has 1 aromatic carbocycles. The number of aryl methyl sites for hydroxylation is 2. The lowest BCUT2D eigenvalue weighted by Crippen LogP contribution is -2.31. The smallest absolute Gasteiger partial charge is 0.257 e. The van der Waals surface area contributed by atoms with Gasteiger partial charge in [0, 0.05) is 30.7 Å². The molecule has 2 rings (SSSR count). The lowest BCUT2D eigenvalue weighted by Gasteiger charge is -2.21. The number of hydrogen-bond donors (Lipinski definition) is 0. The molecular formula is C18H23N3OS. The van der Waals surface area contributed by atoms with Gasteiger partial charge in [0.05, 0.1) is 11.3 Å². The molecule has 0 N–H and O–H groups in total. The number of rotatable bonds is 7. The zero-order chi connectivity index (χ0) is 16.8. The summed E-state index contributed by atoms with van der Waals surface area (Å²) in [7, 11) is 0. The molecule has 4 nitrogen and oxygen atoms in total. The standard InChI is InChI=1S/C18H23N3OS/c1-5-11-20(12-15-7-9-16(23-4)10-8-15)18(22)17-13-21(6-2)19-14(17)3/h5,7-10,13H,1,6,11-12H2,2-4H3. The third-order valence-electron chi connectivity index (χ3n) is 3.67. The number of carbonyl (C=O) groups excluding carboxylic acids is 1. The summed E-state index contributed by atoms with van der Waals surface area (Å²) in [5.74, 6) is -0.00366. The van der Waals surface area contributed by atoms with E-state index in [4.69, 9.17) is 0 Å². The van der Waals surface area contributed by atoms with Crippen molar-refractivity contribution >= 4 is 17.7 Å². The number of benzene rings is 1. The van der Waals surface area contributed by atoms with Gasteiger partial charge in [-0.1, -0.05) is 18.2 Å². The SMILES string of the molecule is C=CCN(Cc1ccc(SC)cc1)C(=O)c1cn(CC)nc1C. The Morgan fingerprint density at radius 3 is 2.61 bits per heavy atom. The predicted molar refractivity (Wildman–Crippen MR) is 95.8 cm³/mol. The fourth-order valence-electron chi connectivity index (χ4n) is 2.39. The van der Waals surface area contributed by atoms with Crippen molar-refractivity contribution in [2.75, 3.05) is 12.8 Å². The second-order valence-corrected chi connectivity index (χ2v) is 6.19. The summed E-state index contributed by atoms with van der Waals surface area (Å²) in [5, 5.41) is 4.36. The summed E-state index contributed by atoms with van der Waals surface area (Å²) in [4.78, 5) is 15.8. The van der Waals surface area contributed by atoms with Crippen LogP contribution in [0.4, 0.5) is 0 Å². The first kappa shape index (κ1) is 17.3. The van der Waals surface area contributed by atoms with Gasteiger partial charge >= 0.3 is 0 Å². The van der Waals surface area contributed by atoms with Gasteiger partial charge in [0.25, 0.3) is 5.91 Å². The fraction of sp³-hybridized carbons (Fsp3) is 0.333. The average molecular weight is 329 g/mol. The van der Waals surface area contributed by atoms with Gasteiger partial charge in [-0.25, -0.2) is 0 Å². The van der Waals surface area contributed by atoms with Crippen molar-refractivity contribution < 1.29 is 4.79 Å². The Morgan fingerprint density at radius 1 is 1.39 bits per heavy atom. The number of carbonyl (C=O) groups is 1. The molecule has 1 amide bonds. The second-order valence-electron chi connectivity index (χ2n) is 5.31. The molecule has 0 aliphatic heterocycles. The molecule has 5 heteroatoms. The molecule has 0 saturated heterocycles. The minimum Gasteiger partial charge on any atom is -0.331 e. The Kier molecular flexibility index (Phi) is 6.04. The maximum atomic E-state index is 12.8. The molecule has 1 heterocycles. The van der Waals surface area contributed by atoms with Crippen molar-refractivity contribution in [3.8, 4) is 0 Å². The molecule has 0 radical (unpaired) electrons. The molecular weight excluding hydrogens is 306 g/mol. The summed E-state index contributed by atoms with van der Waals surface area (Å²) in [6.45, 7) is 9.49. The molecule has 0 aliphatic rings. The monoisotopic (exact) mass is 329 g/mol. The van der Waals surface area contributed by atoms with Gasteiger partial charge < -0.3 is 4.90 Å². The molecule has 0 atom stereocenters. The van der Waals surface area contributed by atoms with E-state index in [9.17, 15) is 4.79 Å². The van der Waals surface area contributed by atoms with Crippen molar-refractivity contribution in [3.63, 3.8) is 0 Å². The minimum absolute atomic E-state index is 0.00366. The van der Waals surface area contributed by atoms with Crippen LogP contribution in [-0.4, -0.2) is 33.4 Å². The van der Waals surface area contributed by atoms with Crippen LogP contribution < -0.4 is 0 Å². The largest absolute Gasteiger partial charge is 0.331 e. The molecule has 122 valence electrons. The van der Waals surface area contributed by atoms with E-state index in [0.717, 1.165) is 17.8 Å². The van der Waals surface area contributed by atoms with Crippen LogP contribution in [0.2, 0.25) is 0 Å². The van der Waals surface area contributed by atoms with E-state index in [1.54, 1.807) is 27.4 Å². The van der Waals surface area contributed by atoms with Crippen LogP contribution in [0, 0.1) is 6.92 Å². The normalized spacial score (nSPS) is 10.6. The van der Waals surface area contributed by atoms with Crippen LogP contribution in [-0.2, 0) is 13.1 Å². The number of thioether (sulfide) groups is 1. The van der Waals surface area contributed by atoms with Crippen molar-refractivity contribution in [2.45, 2.75) is 31.8 Å². The molecule has 0 aliphatic carbocycles. The van der Waals surface area contributed by atoms with Crippen molar-refractivity contribution in [1.29, 1.82) is 0 Å². The first-order valence-electron chi connectivity index (χ1n) is 7.66. The second kappa shape index (κ2) is 8.02. The Morgan fingerprint density at radius 2 is 2.09 bits per heavy atom. The highest BCUT2D eigenvalue weighted by Gasteiger charge is 2.19. The highest BCUT2D eigenvalue weighted by atomic mass is 32.2. The molecule has 0 saturated carbocycles. The van der Waals surface area contributed by atoms with Gasteiger partial charge in [-0.3, -0.25) is 9.48 Å². The quantitative estimate of drug-likeness (QED) is 0.573. The van der Waals surface area contributed by atoms with Gasteiger partial charge in [0.2, 0.25) is 0 Å². The van der Waals surface area contributed by atoms with Gasteiger partial charge in [0.1, 0.15) is 0 Å². The van der Waals surface area contributed by atoms with Gasteiger partial charge in [-0.15, -0.1) is 18.3 Å². The van der Waals surface area contributed by atoms with Gasteiger partial charge in [-0.2, -0.15) is 5.10 Å². The summed E-state index contributed by atoms with van der Waals surface area (Å²) in [6, 6.07) is 8.29. The molecule has 0 bridgehead atoms. The Labute approximate surface area is 142 Å². The molecule has 0 unspecified atom stereocenters. The minimum atomic E-state index is -0.00366. The Bertz CT molecular complexity index is 676. The summed E-state index contributed by atoms with van der Waals surface area (Å²) in [5.41, 5.74) is 2.54. The van der Waals surface area contributed by atoms with E-state index in [1.807, 2.05) is 20.0 Å². The lowest BCUT2D eigenvalue weighted by atomic mass is 10.1. The number of hydrogen-bond acceptors (Lipinski definition) is 3. The first-order valence-corrected chi connectivity index (χ1v) is 8.88. The van der Waals surface area contributed by atoms with Gasteiger partial charge in [0.15, 0.2) is 0 Å². The van der Waals surface area contributed by atoms with Gasteiger partial charge in [-0.05, 0) is 37.8 Å². The van der Waals surface area contributed by atoms with E-state index >= 15 is 0 Å². The maximum Gasteiger partial charge on any atom is 0.257 e. The molecule has 0 spiro atoms. The van der Waals surface area contributed by atoms with Crippen LogP contribution in [0.3, 0.4) is 0 Å². The summed E-state index contributed by atoms with van der Waals surface area (Å²) >= 11 is 1.71. The highest BCUT2D eigenvalue weighted by molar-refractivity contribution is 7.98. The number of nitrogens with zero attached hydrogens (tertiary/aromatic N) is 3. The predicted octanol–water partition coefficient (Wildman–Crippen LogP) is 3.76. The highest BCUT2D eigenvalue weighted by Crippen LogP contribution is 2.17. The van der Waals surface area contributed by atoms with Crippen molar-refractivity contribution in [1.82, 2.24) is 14.7 Å². The summed E-state index contributed by atoms with van der Waals surface area (Å²) < 4.78 is 1.79. The Hall–Kier alpha value is -2.01. The lowest BCUT2D eigenvalue weighted by molar-refractivity contribution is 0.0762. The van der Waals surface area contributed by atoms with Crippen molar-refractivity contribution in [2.24, 2.45) is 0 Å².